The topological polar surface area (TPSA) is 93.7 Å². The first kappa shape index (κ1) is 20.1. The zero-order valence-corrected chi connectivity index (χ0v) is 17.7. The maximum absolute atomic E-state index is 12.7. The lowest BCUT2D eigenvalue weighted by molar-refractivity contribution is -0.384. The largest absolute Gasteiger partial charge is 0.457 e. The minimum Gasteiger partial charge on any atom is -0.457 e. The van der Waals surface area contributed by atoms with Gasteiger partial charge in [0.2, 0.25) is 0 Å². The number of nitrogens with zero attached hydrogens (tertiary/aromatic N) is 2. The summed E-state index contributed by atoms with van der Waals surface area (Å²) < 4.78 is 6.74. The van der Waals surface area contributed by atoms with Gasteiger partial charge in [-0.2, -0.15) is 0 Å². The SMILES string of the molecule is O=C1SC(=Cc2ccc(-c3ccc(Br)cc3)o2)C(=O)N1Cc1cccc([N+](=O)[O-])c1. The summed E-state index contributed by atoms with van der Waals surface area (Å²) in [6, 6.07) is 17.0. The van der Waals surface area contributed by atoms with Crippen LogP contribution in [0.1, 0.15) is 11.3 Å². The molecular weight excluding hydrogens is 472 g/mol. The molecule has 3 aromatic rings. The molecule has 0 aliphatic carbocycles. The first-order chi connectivity index (χ1) is 14.4. The molecule has 0 spiro atoms. The molecule has 2 aromatic carbocycles. The van der Waals surface area contributed by atoms with Crippen LogP contribution >= 0.6 is 27.7 Å². The normalized spacial score (nSPS) is 15.2. The summed E-state index contributed by atoms with van der Waals surface area (Å²) in [6.07, 6.45) is 1.53. The number of hydrogen-bond acceptors (Lipinski definition) is 6. The van der Waals surface area contributed by atoms with Crippen molar-refractivity contribution in [2.75, 3.05) is 0 Å². The van der Waals surface area contributed by atoms with Gasteiger partial charge in [-0.1, -0.05) is 40.2 Å². The summed E-state index contributed by atoms with van der Waals surface area (Å²) >= 11 is 4.20. The number of furan rings is 1. The minimum atomic E-state index is -0.517. The predicted molar refractivity (Wildman–Crippen MR) is 116 cm³/mol. The van der Waals surface area contributed by atoms with Crippen molar-refractivity contribution in [3.8, 4) is 11.3 Å². The van der Waals surface area contributed by atoms with E-state index in [0.717, 1.165) is 26.7 Å². The molecule has 7 nitrogen and oxygen atoms in total. The second kappa shape index (κ2) is 8.29. The number of thioether (sulfide) groups is 1. The zero-order valence-electron chi connectivity index (χ0n) is 15.3. The molecule has 2 heterocycles. The molecule has 1 aliphatic heterocycles. The Morgan fingerprint density at radius 2 is 1.87 bits per heavy atom. The van der Waals surface area contributed by atoms with Crippen LogP contribution in [0, 0.1) is 10.1 Å². The third-order valence-electron chi connectivity index (χ3n) is 4.36. The third kappa shape index (κ3) is 4.22. The maximum Gasteiger partial charge on any atom is 0.293 e. The number of rotatable bonds is 5. The fourth-order valence-corrected chi connectivity index (χ4v) is 4.00. The number of imide groups is 1. The molecule has 0 bridgehead atoms. The zero-order chi connectivity index (χ0) is 21.3. The Bertz CT molecular complexity index is 1190. The van der Waals surface area contributed by atoms with Crippen molar-refractivity contribution in [3.63, 3.8) is 0 Å². The van der Waals surface area contributed by atoms with E-state index in [1.807, 2.05) is 24.3 Å². The highest BCUT2D eigenvalue weighted by Crippen LogP contribution is 2.34. The summed E-state index contributed by atoms with van der Waals surface area (Å²) in [7, 11) is 0. The van der Waals surface area contributed by atoms with Crippen molar-refractivity contribution in [1.82, 2.24) is 4.90 Å². The van der Waals surface area contributed by atoms with E-state index in [9.17, 15) is 19.7 Å². The van der Waals surface area contributed by atoms with Crippen molar-refractivity contribution in [1.29, 1.82) is 0 Å². The number of nitro groups is 1. The fraction of sp³-hybridized carbons (Fsp3) is 0.0476. The second-order valence-corrected chi connectivity index (χ2v) is 8.31. The standard InChI is InChI=1S/C21H13BrN2O5S/c22-15-6-4-14(5-7-15)18-9-8-17(29-18)11-19-20(25)23(21(26)30-19)12-13-2-1-3-16(10-13)24(27)28/h1-11H,12H2. The van der Waals surface area contributed by atoms with Crippen molar-refractivity contribution in [3.05, 3.63) is 91.5 Å². The summed E-state index contributed by atoms with van der Waals surface area (Å²) in [5, 5.41) is 10.5. The quantitative estimate of drug-likeness (QED) is 0.256. The van der Waals surface area contributed by atoms with Gasteiger partial charge in [0.25, 0.3) is 16.8 Å². The summed E-state index contributed by atoms with van der Waals surface area (Å²) in [5.74, 6) is 0.636. The van der Waals surface area contributed by atoms with Crippen molar-refractivity contribution >= 4 is 50.6 Å². The molecule has 4 rings (SSSR count). The molecule has 0 unspecified atom stereocenters. The number of amides is 2. The van der Waals surface area contributed by atoms with Gasteiger partial charge in [-0.05, 0) is 41.6 Å². The Labute approximate surface area is 183 Å². The van der Waals surface area contributed by atoms with E-state index < -0.39 is 16.1 Å². The lowest BCUT2D eigenvalue weighted by Gasteiger charge is -2.12. The van der Waals surface area contributed by atoms with Gasteiger partial charge in [-0.3, -0.25) is 24.6 Å². The molecule has 0 radical (unpaired) electrons. The smallest absolute Gasteiger partial charge is 0.293 e. The van der Waals surface area contributed by atoms with Crippen molar-refractivity contribution in [2.24, 2.45) is 0 Å². The van der Waals surface area contributed by atoms with E-state index in [0.29, 0.717) is 17.1 Å². The summed E-state index contributed by atoms with van der Waals surface area (Å²) in [5.41, 5.74) is 1.30. The van der Waals surface area contributed by atoms with E-state index in [-0.39, 0.29) is 17.1 Å². The molecule has 9 heteroatoms. The molecule has 1 aromatic heterocycles. The molecule has 2 amide bonds. The van der Waals surface area contributed by atoms with Crippen LogP contribution in [-0.2, 0) is 11.3 Å². The van der Waals surface area contributed by atoms with Gasteiger partial charge < -0.3 is 4.42 Å². The number of carbonyl (C=O) groups excluding carboxylic acids is 2. The lowest BCUT2D eigenvalue weighted by Crippen LogP contribution is -2.27. The third-order valence-corrected chi connectivity index (χ3v) is 5.80. The van der Waals surface area contributed by atoms with E-state index in [4.69, 9.17) is 4.42 Å². The van der Waals surface area contributed by atoms with Gasteiger partial charge in [0, 0.05) is 28.2 Å². The van der Waals surface area contributed by atoms with Crippen LogP contribution in [0.25, 0.3) is 17.4 Å². The first-order valence-electron chi connectivity index (χ1n) is 8.75. The molecular formula is C21H13BrN2O5S. The lowest BCUT2D eigenvalue weighted by atomic mass is 10.2. The number of benzene rings is 2. The van der Waals surface area contributed by atoms with E-state index >= 15 is 0 Å². The number of carbonyl (C=O) groups is 2. The van der Waals surface area contributed by atoms with Crippen LogP contribution in [-0.4, -0.2) is 21.0 Å². The van der Waals surface area contributed by atoms with E-state index in [1.54, 1.807) is 18.2 Å². The highest BCUT2D eigenvalue weighted by atomic mass is 79.9. The molecule has 1 saturated heterocycles. The summed E-state index contributed by atoms with van der Waals surface area (Å²) in [4.78, 5) is 36.7. The summed E-state index contributed by atoms with van der Waals surface area (Å²) in [6.45, 7) is -0.0357. The molecule has 1 aliphatic rings. The second-order valence-electron chi connectivity index (χ2n) is 6.40. The van der Waals surface area contributed by atoms with Crippen LogP contribution in [0.4, 0.5) is 10.5 Å². The first-order valence-corrected chi connectivity index (χ1v) is 10.4. The van der Waals surface area contributed by atoms with E-state index in [1.165, 1.54) is 24.3 Å². The van der Waals surface area contributed by atoms with Crippen LogP contribution in [0.3, 0.4) is 0 Å². The van der Waals surface area contributed by atoms with Gasteiger partial charge in [0.05, 0.1) is 16.4 Å². The molecule has 1 fully saturated rings. The van der Waals surface area contributed by atoms with Gasteiger partial charge in [-0.25, -0.2) is 0 Å². The van der Waals surface area contributed by atoms with Crippen LogP contribution < -0.4 is 0 Å². The minimum absolute atomic E-state index is 0.0357. The fourth-order valence-electron chi connectivity index (χ4n) is 2.92. The number of hydrogen-bond donors (Lipinski definition) is 0. The average Bonchev–Trinajstić information content (AvgIpc) is 3.29. The number of halogens is 1. The Kier molecular flexibility index (Phi) is 5.56. The number of nitro benzene ring substituents is 1. The van der Waals surface area contributed by atoms with Crippen molar-refractivity contribution < 1.29 is 18.9 Å². The Hall–Kier alpha value is -3.17. The molecule has 30 heavy (non-hydrogen) atoms. The van der Waals surface area contributed by atoms with Crippen LogP contribution in [0.15, 0.2) is 74.5 Å². The van der Waals surface area contributed by atoms with Crippen molar-refractivity contribution in [2.45, 2.75) is 6.54 Å². The average molecular weight is 485 g/mol. The monoisotopic (exact) mass is 484 g/mol. The highest BCUT2D eigenvalue weighted by Gasteiger charge is 2.35. The van der Waals surface area contributed by atoms with Crippen LogP contribution in [0.5, 0.6) is 0 Å². The predicted octanol–water partition coefficient (Wildman–Crippen LogP) is 5.85. The Morgan fingerprint density at radius 3 is 2.60 bits per heavy atom. The van der Waals surface area contributed by atoms with Gasteiger partial charge in [0.1, 0.15) is 11.5 Å². The Balaban J connectivity index is 1.52. The molecule has 150 valence electrons. The van der Waals surface area contributed by atoms with Gasteiger partial charge >= 0.3 is 0 Å². The van der Waals surface area contributed by atoms with E-state index in [2.05, 4.69) is 15.9 Å². The van der Waals surface area contributed by atoms with Gasteiger partial charge in [-0.15, -0.1) is 0 Å². The van der Waals surface area contributed by atoms with Crippen LogP contribution in [0.2, 0.25) is 0 Å². The molecule has 0 saturated carbocycles. The maximum atomic E-state index is 12.7. The Morgan fingerprint density at radius 1 is 1.10 bits per heavy atom. The number of non-ortho nitro benzene ring substituents is 1. The molecule has 0 atom stereocenters. The highest BCUT2D eigenvalue weighted by molar-refractivity contribution is 9.10. The van der Waals surface area contributed by atoms with Gasteiger partial charge in [0.15, 0.2) is 0 Å². The molecule has 0 N–H and O–H groups in total.